The fraction of sp³-hybridized carbons (Fsp3) is 0.294. The quantitative estimate of drug-likeness (QED) is 0.939. The third-order valence-electron chi connectivity index (χ3n) is 4.21. The van der Waals surface area contributed by atoms with E-state index in [0.717, 1.165) is 17.8 Å². The number of anilines is 1. The summed E-state index contributed by atoms with van der Waals surface area (Å²) in [7, 11) is -1.70. The van der Waals surface area contributed by atoms with E-state index in [2.05, 4.69) is 9.62 Å². The Labute approximate surface area is 136 Å². The SMILES string of the molecule is Cc1cc(S(=O)(=O)NC2CCN(C)c3ccccc32)ccc1F. The molecule has 0 saturated heterocycles. The molecule has 0 aliphatic carbocycles. The van der Waals surface area contributed by atoms with E-state index in [4.69, 9.17) is 0 Å². The van der Waals surface area contributed by atoms with Crippen molar-refractivity contribution in [1.82, 2.24) is 4.72 Å². The van der Waals surface area contributed by atoms with Gasteiger partial charge < -0.3 is 4.90 Å². The van der Waals surface area contributed by atoms with Gasteiger partial charge in [-0.05, 0) is 48.7 Å². The summed E-state index contributed by atoms with van der Waals surface area (Å²) >= 11 is 0. The van der Waals surface area contributed by atoms with E-state index in [9.17, 15) is 12.8 Å². The third-order valence-corrected chi connectivity index (χ3v) is 5.68. The average molecular weight is 334 g/mol. The monoisotopic (exact) mass is 334 g/mol. The van der Waals surface area contributed by atoms with Crippen molar-refractivity contribution in [3.63, 3.8) is 0 Å². The van der Waals surface area contributed by atoms with Crippen molar-refractivity contribution in [2.45, 2.75) is 24.3 Å². The zero-order valence-corrected chi connectivity index (χ0v) is 13.9. The Kier molecular flexibility index (Phi) is 4.12. The number of para-hydroxylation sites is 1. The number of hydrogen-bond acceptors (Lipinski definition) is 3. The number of fused-ring (bicyclic) bond motifs is 1. The fourth-order valence-electron chi connectivity index (χ4n) is 2.89. The molecule has 1 unspecified atom stereocenters. The van der Waals surface area contributed by atoms with E-state index in [1.54, 1.807) is 6.92 Å². The van der Waals surface area contributed by atoms with Crippen molar-refractivity contribution in [2.24, 2.45) is 0 Å². The first-order valence-electron chi connectivity index (χ1n) is 7.47. The molecule has 2 aromatic rings. The first-order valence-corrected chi connectivity index (χ1v) is 8.95. The highest BCUT2D eigenvalue weighted by Gasteiger charge is 2.27. The molecule has 6 heteroatoms. The predicted molar refractivity (Wildman–Crippen MR) is 88.5 cm³/mol. The molecule has 1 atom stereocenters. The van der Waals surface area contributed by atoms with Gasteiger partial charge in [0.2, 0.25) is 10.0 Å². The summed E-state index contributed by atoms with van der Waals surface area (Å²) in [6, 6.07) is 11.3. The summed E-state index contributed by atoms with van der Waals surface area (Å²) in [6.07, 6.45) is 0.687. The number of benzene rings is 2. The lowest BCUT2D eigenvalue weighted by atomic mass is 9.98. The van der Waals surface area contributed by atoms with Gasteiger partial charge in [0.05, 0.1) is 10.9 Å². The molecule has 0 bridgehead atoms. The molecular weight excluding hydrogens is 315 g/mol. The molecule has 23 heavy (non-hydrogen) atoms. The van der Waals surface area contributed by atoms with E-state index in [1.807, 2.05) is 31.3 Å². The maximum absolute atomic E-state index is 13.4. The smallest absolute Gasteiger partial charge is 0.241 e. The summed E-state index contributed by atoms with van der Waals surface area (Å²) in [5.74, 6) is -0.409. The molecule has 2 aromatic carbocycles. The van der Waals surface area contributed by atoms with Gasteiger partial charge in [-0.15, -0.1) is 0 Å². The molecule has 0 amide bonds. The Morgan fingerprint density at radius 3 is 2.70 bits per heavy atom. The lowest BCUT2D eigenvalue weighted by Crippen LogP contribution is -2.36. The minimum Gasteiger partial charge on any atom is -0.374 e. The van der Waals surface area contributed by atoms with Crippen LogP contribution in [0.5, 0.6) is 0 Å². The van der Waals surface area contributed by atoms with Gasteiger partial charge in [0.15, 0.2) is 0 Å². The Bertz CT molecular complexity index is 836. The molecule has 0 fully saturated rings. The molecule has 4 nitrogen and oxygen atoms in total. The van der Waals surface area contributed by atoms with Gasteiger partial charge in [-0.25, -0.2) is 17.5 Å². The summed E-state index contributed by atoms with van der Waals surface area (Å²) in [4.78, 5) is 2.20. The second-order valence-electron chi connectivity index (χ2n) is 5.85. The Balaban J connectivity index is 1.92. The summed E-state index contributed by atoms with van der Waals surface area (Å²) in [5.41, 5.74) is 2.31. The fourth-order valence-corrected chi connectivity index (χ4v) is 4.23. The zero-order valence-electron chi connectivity index (χ0n) is 13.1. The molecule has 0 saturated carbocycles. The van der Waals surface area contributed by atoms with Crippen LogP contribution in [-0.2, 0) is 10.0 Å². The normalized spacial score (nSPS) is 17.9. The van der Waals surface area contributed by atoms with Crippen LogP contribution in [0.1, 0.15) is 23.6 Å². The van der Waals surface area contributed by atoms with Crippen LogP contribution >= 0.6 is 0 Å². The van der Waals surface area contributed by atoms with Crippen LogP contribution in [-0.4, -0.2) is 22.0 Å². The number of hydrogen-bond donors (Lipinski definition) is 1. The van der Waals surface area contributed by atoms with Crippen LogP contribution in [0, 0.1) is 12.7 Å². The average Bonchev–Trinajstić information content (AvgIpc) is 2.53. The first kappa shape index (κ1) is 16.0. The number of sulfonamides is 1. The van der Waals surface area contributed by atoms with Crippen LogP contribution < -0.4 is 9.62 Å². The van der Waals surface area contributed by atoms with Crippen molar-refractivity contribution >= 4 is 15.7 Å². The topological polar surface area (TPSA) is 49.4 Å². The number of nitrogens with one attached hydrogen (secondary N) is 1. The largest absolute Gasteiger partial charge is 0.374 e. The van der Waals surface area contributed by atoms with Crippen molar-refractivity contribution < 1.29 is 12.8 Å². The molecule has 0 aromatic heterocycles. The highest BCUT2D eigenvalue weighted by Crippen LogP contribution is 2.33. The van der Waals surface area contributed by atoms with Crippen molar-refractivity contribution in [3.8, 4) is 0 Å². The van der Waals surface area contributed by atoms with Crippen LogP contribution in [0.15, 0.2) is 47.4 Å². The first-order chi connectivity index (χ1) is 10.9. The standard InChI is InChI=1S/C17H19FN2O2S/c1-12-11-13(7-8-15(12)18)23(21,22)19-16-9-10-20(2)17-6-4-3-5-14(16)17/h3-8,11,16,19H,9-10H2,1-2H3. The minimum atomic E-state index is -3.69. The van der Waals surface area contributed by atoms with E-state index < -0.39 is 15.8 Å². The number of halogens is 1. The van der Waals surface area contributed by atoms with Gasteiger partial charge in [-0.2, -0.15) is 0 Å². The third kappa shape index (κ3) is 3.09. The van der Waals surface area contributed by atoms with Gasteiger partial charge >= 0.3 is 0 Å². The highest BCUT2D eigenvalue weighted by molar-refractivity contribution is 7.89. The minimum absolute atomic E-state index is 0.0906. The van der Waals surface area contributed by atoms with Crippen molar-refractivity contribution in [1.29, 1.82) is 0 Å². The molecule has 1 N–H and O–H groups in total. The van der Waals surface area contributed by atoms with E-state index in [1.165, 1.54) is 18.2 Å². The van der Waals surface area contributed by atoms with Gasteiger partial charge in [0, 0.05) is 19.3 Å². The van der Waals surface area contributed by atoms with Crippen LogP contribution in [0.25, 0.3) is 0 Å². The molecule has 0 radical (unpaired) electrons. The van der Waals surface area contributed by atoms with Crippen LogP contribution in [0.2, 0.25) is 0 Å². The van der Waals surface area contributed by atoms with Crippen LogP contribution in [0.4, 0.5) is 10.1 Å². The van der Waals surface area contributed by atoms with Gasteiger partial charge in [-0.3, -0.25) is 0 Å². The van der Waals surface area contributed by atoms with E-state index >= 15 is 0 Å². The van der Waals surface area contributed by atoms with Gasteiger partial charge in [-0.1, -0.05) is 18.2 Å². The lowest BCUT2D eigenvalue weighted by molar-refractivity contribution is 0.528. The van der Waals surface area contributed by atoms with Crippen molar-refractivity contribution in [2.75, 3.05) is 18.5 Å². The summed E-state index contributed by atoms with van der Waals surface area (Å²) in [6.45, 7) is 2.33. The highest BCUT2D eigenvalue weighted by atomic mass is 32.2. The van der Waals surface area contributed by atoms with E-state index in [0.29, 0.717) is 12.0 Å². The molecule has 1 aliphatic heterocycles. The van der Waals surface area contributed by atoms with Gasteiger partial charge in [0.1, 0.15) is 5.82 Å². The second kappa shape index (κ2) is 5.94. The molecule has 3 rings (SSSR count). The molecule has 122 valence electrons. The molecule has 0 spiro atoms. The second-order valence-corrected chi connectivity index (χ2v) is 7.57. The maximum atomic E-state index is 13.4. The number of rotatable bonds is 3. The molecule has 1 heterocycles. The molecular formula is C17H19FN2O2S. The maximum Gasteiger partial charge on any atom is 0.241 e. The molecule has 1 aliphatic rings. The zero-order chi connectivity index (χ0) is 16.6. The van der Waals surface area contributed by atoms with E-state index in [-0.39, 0.29) is 10.9 Å². The van der Waals surface area contributed by atoms with Gasteiger partial charge in [0.25, 0.3) is 0 Å². The summed E-state index contributed by atoms with van der Waals surface area (Å²) < 4.78 is 41.3. The predicted octanol–water partition coefficient (Wildman–Crippen LogP) is 2.99. The number of aryl methyl sites for hydroxylation is 1. The lowest BCUT2D eigenvalue weighted by Gasteiger charge is -2.33. The summed E-state index contributed by atoms with van der Waals surface area (Å²) in [5, 5.41) is 0. The Hall–Kier alpha value is -1.92. The number of nitrogens with zero attached hydrogens (tertiary/aromatic N) is 1. The Morgan fingerprint density at radius 1 is 1.22 bits per heavy atom. The van der Waals surface area contributed by atoms with Crippen LogP contribution in [0.3, 0.4) is 0 Å². The van der Waals surface area contributed by atoms with Crippen molar-refractivity contribution in [3.05, 3.63) is 59.4 Å². The Morgan fingerprint density at radius 2 is 1.96 bits per heavy atom.